The summed E-state index contributed by atoms with van der Waals surface area (Å²) in [6.07, 6.45) is 10.4. The van der Waals surface area contributed by atoms with Crippen molar-refractivity contribution >= 4 is 53.0 Å². The number of fused-ring (bicyclic) bond motifs is 1. The first kappa shape index (κ1) is 46.2. The topological polar surface area (TPSA) is 98.7 Å². The predicted molar refractivity (Wildman–Crippen MR) is 229 cm³/mol. The Morgan fingerprint density at radius 2 is 1.15 bits per heavy atom. The molecule has 14 heteroatoms. The molecule has 0 saturated carbocycles. The number of rotatable bonds is 15. The maximum atomic E-state index is 13.8. The van der Waals surface area contributed by atoms with Crippen molar-refractivity contribution in [2.75, 3.05) is 0 Å². The summed E-state index contributed by atoms with van der Waals surface area (Å²) in [5, 5.41) is 0.163. The third kappa shape index (κ3) is 11.9. The third-order valence-electron chi connectivity index (χ3n) is 9.57. The van der Waals surface area contributed by atoms with E-state index in [4.69, 9.17) is 32.7 Å². The minimum atomic E-state index is -2.96. The van der Waals surface area contributed by atoms with Gasteiger partial charge in [0, 0.05) is 54.9 Å². The lowest BCUT2D eigenvalue weighted by atomic mass is 10.0. The molecule has 3 heterocycles. The van der Waals surface area contributed by atoms with E-state index in [0.717, 1.165) is 11.1 Å². The minimum Gasteiger partial charge on any atom is -0.437 e. The fourth-order valence-corrected chi connectivity index (χ4v) is 6.51. The number of imide groups is 1. The summed E-state index contributed by atoms with van der Waals surface area (Å²) in [5.41, 5.74) is 2.08. The van der Waals surface area contributed by atoms with Crippen molar-refractivity contribution in [3.63, 3.8) is 0 Å². The van der Waals surface area contributed by atoms with Crippen LogP contribution >= 0.6 is 23.2 Å². The number of amides is 2. The molecule has 0 radical (unpaired) electrons. The van der Waals surface area contributed by atoms with Gasteiger partial charge in [0.15, 0.2) is 0 Å². The third-order valence-corrected chi connectivity index (χ3v) is 10.2. The molecule has 0 fully saturated rings. The van der Waals surface area contributed by atoms with Crippen molar-refractivity contribution in [3.8, 4) is 23.3 Å². The highest BCUT2D eigenvalue weighted by molar-refractivity contribution is 6.32. The quantitative estimate of drug-likeness (QED) is 0.0763. The van der Waals surface area contributed by atoms with Gasteiger partial charge in [-0.25, -0.2) is 27.5 Å². The summed E-state index contributed by atoms with van der Waals surface area (Å²) in [7, 11) is 0. The second-order valence-electron chi connectivity index (χ2n) is 14.3. The molecule has 5 aromatic rings. The van der Waals surface area contributed by atoms with E-state index in [1.54, 1.807) is 80.9 Å². The van der Waals surface area contributed by atoms with Gasteiger partial charge in [0.1, 0.15) is 17.3 Å². The number of hydrogen-bond donors (Lipinski definition) is 0. The van der Waals surface area contributed by atoms with Crippen LogP contribution in [-0.4, -0.2) is 38.5 Å². The van der Waals surface area contributed by atoms with E-state index in [1.807, 2.05) is 25.1 Å². The first-order chi connectivity index (χ1) is 28.9. The van der Waals surface area contributed by atoms with Crippen molar-refractivity contribution in [2.24, 2.45) is 5.92 Å². The van der Waals surface area contributed by atoms with Crippen LogP contribution in [0.3, 0.4) is 0 Å². The number of ketones is 1. The van der Waals surface area contributed by atoms with Gasteiger partial charge in [-0.2, -0.15) is 0 Å². The molecule has 1 aliphatic rings. The maximum absolute atomic E-state index is 13.8. The summed E-state index contributed by atoms with van der Waals surface area (Å²) in [4.78, 5) is 45.9. The molecule has 0 unspecified atom stereocenters. The van der Waals surface area contributed by atoms with Crippen LogP contribution in [0.25, 0.3) is 12.2 Å². The van der Waals surface area contributed by atoms with Crippen molar-refractivity contribution < 1.29 is 41.4 Å². The molecule has 61 heavy (non-hydrogen) atoms. The first-order valence-electron chi connectivity index (χ1n) is 19.4. The Labute approximate surface area is 361 Å². The predicted octanol–water partition coefficient (Wildman–Crippen LogP) is 13.4. The van der Waals surface area contributed by atoms with Crippen molar-refractivity contribution in [3.05, 3.63) is 153 Å². The number of aromatic nitrogens is 2. The van der Waals surface area contributed by atoms with Gasteiger partial charge in [-0.05, 0) is 91.6 Å². The molecule has 0 bridgehead atoms. The number of hydrogen-bond acceptors (Lipinski definition) is 7. The van der Waals surface area contributed by atoms with Gasteiger partial charge < -0.3 is 14.3 Å². The Balaban J connectivity index is 0.000000238. The standard InChI is InChI=1S/C26H21ClF2N2O3.C21H22ClF2NO2/c1-3-26(28,29)18-11-12-22(21(27)14-18)34-23-13-10-17(15-30-23)9-8-16(2)31-24(32)19-6-4-5-7-20(19)25(31)33;1-4-21(23,24)17-8-9-19(18(22)12-17)27-20-10-7-16(13-25-20)6-5-14(2)11-15(3)26/h4-16H,3H2,1-2H3;5-10,12-14H,4,11H2,1-3H3/b9-8+;6-5+/t16-;14-/m00/s1. The Morgan fingerprint density at radius 3 is 1.52 bits per heavy atom. The normalized spacial score (nSPS) is 13.9. The van der Waals surface area contributed by atoms with Crippen LogP contribution in [0.4, 0.5) is 17.6 Å². The first-order valence-corrected chi connectivity index (χ1v) is 20.1. The maximum Gasteiger partial charge on any atom is 0.273 e. The van der Waals surface area contributed by atoms with Gasteiger partial charge in [0.25, 0.3) is 23.7 Å². The molecule has 1 aliphatic heterocycles. The molecular weight excluding hydrogens is 833 g/mol. The minimum absolute atomic E-state index is 0.0613. The van der Waals surface area contributed by atoms with Gasteiger partial charge in [-0.3, -0.25) is 14.5 Å². The fraction of sp³-hybridized carbons (Fsp3) is 0.255. The molecule has 0 aliphatic carbocycles. The molecule has 3 aromatic carbocycles. The van der Waals surface area contributed by atoms with E-state index in [2.05, 4.69) is 9.97 Å². The van der Waals surface area contributed by atoms with E-state index >= 15 is 0 Å². The number of allylic oxidation sites excluding steroid dienone is 1. The lowest BCUT2D eigenvalue weighted by Crippen LogP contribution is -2.36. The number of carbonyl (C=O) groups is 3. The van der Waals surface area contributed by atoms with Crippen molar-refractivity contribution in [1.82, 2.24) is 14.9 Å². The average molecular weight is 877 g/mol. The van der Waals surface area contributed by atoms with Crippen LogP contribution in [0.1, 0.15) is 96.9 Å². The van der Waals surface area contributed by atoms with E-state index < -0.39 is 17.9 Å². The Morgan fingerprint density at radius 1 is 0.705 bits per heavy atom. The van der Waals surface area contributed by atoms with Gasteiger partial charge in [0.2, 0.25) is 11.8 Å². The van der Waals surface area contributed by atoms with E-state index in [-0.39, 0.29) is 74.9 Å². The molecule has 2 atom stereocenters. The van der Waals surface area contributed by atoms with Gasteiger partial charge in [-0.15, -0.1) is 0 Å². The summed E-state index contributed by atoms with van der Waals surface area (Å²) in [6.45, 7) is 8.12. The molecule has 6 rings (SSSR count). The molecule has 2 amide bonds. The summed E-state index contributed by atoms with van der Waals surface area (Å²) in [5.74, 6) is -5.20. The SMILES string of the molecule is CCC(F)(F)c1ccc(Oc2ccc(/C=C/[C@H](C)CC(C)=O)cn2)c(Cl)c1.CCC(F)(F)c1ccc(Oc2ccc(/C=C/[C@H](C)N3C(=O)c4ccccc4C3=O)cn2)c(Cl)c1. The smallest absolute Gasteiger partial charge is 0.273 e. The van der Waals surface area contributed by atoms with Gasteiger partial charge in [0.05, 0.1) is 27.2 Å². The summed E-state index contributed by atoms with van der Waals surface area (Å²) < 4.78 is 66.4. The fourth-order valence-electron chi connectivity index (χ4n) is 6.07. The van der Waals surface area contributed by atoms with Crippen LogP contribution in [0.2, 0.25) is 10.0 Å². The van der Waals surface area contributed by atoms with Crippen molar-refractivity contribution in [2.45, 2.75) is 71.8 Å². The van der Waals surface area contributed by atoms with Crippen LogP contribution in [-0.2, 0) is 16.6 Å². The molecule has 318 valence electrons. The van der Waals surface area contributed by atoms with Gasteiger partial charge in [-0.1, -0.05) is 80.4 Å². The van der Waals surface area contributed by atoms with Crippen LogP contribution in [0.15, 0.2) is 109 Å². The number of alkyl halides is 4. The monoisotopic (exact) mass is 875 g/mol. The van der Waals surface area contributed by atoms with Crippen molar-refractivity contribution in [1.29, 1.82) is 0 Å². The molecule has 0 N–H and O–H groups in total. The largest absolute Gasteiger partial charge is 0.437 e. The zero-order chi connectivity index (χ0) is 44.5. The van der Waals surface area contributed by atoms with E-state index in [1.165, 1.54) is 55.1 Å². The molecule has 2 aromatic heterocycles. The van der Waals surface area contributed by atoms with Crippen LogP contribution in [0.5, 0.6) is 23.3 Å². The number of halogens is 6. The number of ether oxygens (including phenoxy) is 2. The highest BCUT2D eigenvalue weighted by atomic mass is 35.5. The second kappa shape index (κ2) is 20.1. The van der Waals surface area contributed by atoms with E-state index in [9.17, 15) is 31.9 Å². The highest BCUT2D eigenvalue weighted by Crippen LogP contribution is 2.38. The second-order valence-corrected chi connectivity index (χ2v) is 15.2. The number of carbonyl (C=O) groups excluding carboxylic acids is 3. The van der Waals surface area contributed by atoms with E-state index in [0.29, 0.717) is 23.4 Å². The van der Waals surface area contributed by atoms with Crippen LogP contribution in [0, 0.1) is 5.92 Å². The lowest BCUT2D eigenvalue weighted by Gasteiger charge is -2.19. The lowest BCUT2D eigenvalue weighted by molar-refractivity contribution is -0.117. The zero-order valence-corrected chi connectivity index (χ0v) is 35.5. The zero-order valence-electron chi connectivity index (χ0n) is 34.0. The van der Waals surface area contributed by atoms with Gasteiger partial charge >= 0.3 is 0 Å². The summed E-state index contributed by atoms with van der Waals surface area (Å²) in [6, 6.07) is 20.9. The molecule has 8 nitrogen and oxygen atoms in total. The Bertz CT molecular complexity index is 2390. The molecule has 0 spiro atoms. The average Bonchev–Trinajstić information content (AvgIpc) is 3.50. The Kier molecular flexibility index (Phi) is 15.3. The highest BCUT2D eigenvalue weighted by Gasteiger charge is 2.37. The number of pyridine rings is 2. The van der Waals surface area contributed by atoms with Crippen LogP contribution < -0.4 is 9.47 Å². The molecular formula is C47H43Cl2F4N3O5. The summed E-state index contributed by atoms with van der Waals surface area (Å²) >= 11 is 12.2. The number of Topliss-reactive ketones (excluding diaryl/α,β-unsaturated/α-hetero) is 1. The Hall–Kier alpha value is -5.85. The molecule has 0 saturated heterocycles. The number of nitrogens with zero attached hydrogens (tertiary/aromatic N) is 3. The number of benzene rings is 3.